The molecule has 1 heterocycles. The maximum absolute atomic E-state index is 11.9. The van der Waals surface area contributed by atoms with E-state index < -0.39 is 10.0 Å². The molecule has 1 atom stereocenters. The lowest BCUT2D eigenvalue weighted by Crippen LogP contribution is -2.35. The summed E-state index contributed by atoms with van der Waals surface area (Å²) in [6, 6.07) is 6.83. The van der Waals surface area contributed by atoms with Crippen LogP contribution in [0.15, 0.2) is 24.3 Å². The standard InChI is InChI=1S/C12H17NO4S/c14-7-10-2-1-3-11(6-10)9-18(15,16)13-12-4-5-17-8-12/h1-3,6,12-14H,4-5,7-9H2. The summed E-state index contributed by atoms with van der Waals surface area (Å²) in [4.78, 5) is 0. The van der Waals surface area contributed by atoms with Crippen molar-refractivity contribution in [1.82, 2.24) is 4.72 Å². The summed E-state index contributed by atoms with van der Waals surface area (Å²) in [6.07, 6.45) is 0.718. The summed E-state index contributed by atoms with van der Waals surface area (Å²) in [5, 5.41) is 9.01. The highest BCUT2D eigenvalue weighted by molar-refractivity contribution is 7.88. The molecule has 1 aliphatic heterocycles. The van der Waals surface area contributed by atoms with Crippen LogP contribution < -0.4 is 4.72 Å². The summed E-state index contributed by atoms with van der Waals surface area (Å²) >= 11 is 0. The summed E-state index contributed by atoms with van der Waals surface area (Å²) in [5.41, 5.74) is 1.39. The maximum Gasteiger partial charge on any atom is 0.216 e. The van der Waals surface area contributed by atoms with Crippen LogP contribution in [0.25, 0.3) is 0 Å². The van der Waals surface area contributed by atoms with E-state index in [0.717, 1.165) is 6.42 Å². The monoisotopic (exact) mass is 271 g/mol. The molecule has 0 aromatic heterocycles. The molecule has 2 rings (SSSR count). The normalized spacial score (nSPS) is 20.2. The van der Waals surface area contributed by atoms with Gasteiger partial charge in [0.25, 0.3) is 0 Å². The average Bonchev–Trinajstić information content (AvgIpc) is 2.80. The van der Waals surface area contributed by atoms with Crippen molar-refractivity contribution >= 4 is 10.0 Å². The zero-order chi connectivity index (χ0) is 13.0. The Bertz CT molecular complexity index is 495. The van der Waals surface area contributed by atoms with Crippen molar-refractivity contribution in [1.29, 1.82) is 0 Å². The van der Waals surface area contributed by atoms with Gasteiger partial charge in [-0.3, -0.25) is 0 Å². The predicted octanol–water partition coefficient (Wildman–Crippen LogP) is 0.387. The van der Waals surface area contributed by atoms with Gasteiger partial charge < -0.3 is 9.84 Å². The minimum absolute atomic E-state index is 0.0721. The highest BCUT2D eigenvalue weighted by Gasteiger charge is 2.22. The van der Waals surface area contributed by atoms with Crippen LogP contribution >= 0.6 is 0 Å². The van der Waals surface area contributed by atoms with E-state index >= 15 is 0 Å². The SMILES string of the molecule is O=S(=O)(Cc1cccc(CO)c1)NC1CCOC1. The van der Waals surface area contributed by atoms with E-state index in [2.05, 4.69) is 4.72 Å². The second-order valence-corrected chi connectivity index (χ2v) is 6.17. The quantitative estimate of drug-likeness (QED) is 0.812. The number of hydrogen-bond donors (Lipinski definition) is 2. The van der Waals surface area contributed by atoms with Gasteiger partial charge >= 0.3 is 0 Å². The summed E-state index contributed by atoms with van der Waals surface area (Å²) in [5.74, 6) is -0.0721. The number of aliphatic hydroxyl groups is 1. The van der Waals surface area contributed by atoms with Gasteiger partial charge in [-0.25, -0.2) is 13.1 Å². The fourth-order valence-electron chi connectivity index (χ4n) is 1.96. The molecule has 6 heteroatoms. The van der Waals surface area contributed by atoms with Gasteiger partial charge in [-0.1, -0.05) is 24.3 Å². The summed E-state index contributed by atoms with van der Waals surface area (Å²) in [6.45, 7) is 0.959. The third-order valence-electron chi connectivity index (χ3n) is 2.81. The maximum atomic E-state index is 11.9. The first-order valence-electron chi connectivity index (χ1n) is 5.85. The molecule has 0 saturated carbocycles. The molecular weight excluding hydrogens is 254 g/mol. The van der Waals surface area contributed by atoms with Gasteiger partial charge in [-0.05, 0) is 17.5 Å². The molecule has 0 radical (unpaired) electrons. The van der Waals surface area contributed by atoms with Crippen LogP contribution in [0.2, 0.25) is 0 Å². The second kappa shape index (κ2) is 5.79. The van der Waals surface area contributed by atoms with E-state index in [9.17, 15) is 8.42 Å². The molecule has 100 valence electrons. The Labute approximate surface area is 107 Å². The van der Waals surface area contributed by atoms with E-state index in [1.165, 1.54) is 0 Å². The van der Waals surface area contributed by atoms with E-state index in [4.69, 9.17) is 9.84 Å². The van der Waals surface area contributed by atoms with Crippen molar-refractivity contribution in [2.45, 2.75) is 24.8 Å². The van der Waals surface area contributed by atoms with Crippen molar-refractivity contribution < 1.29 is 18.3 Å². The number of sulfonamides is 1. The van der Waals surface area contributed by atoms with Crippen LogP contribution in [0.3, 0.4) is 0 Å². The predicted molar refractivity (Wildman–Crippen MR) is 67.3 cm³/mol. The molecule has 1 saturated heterocycles. The minimum atomic E-state index is -3.35. The molecule has 2 N–H and O–H groups in total. The zero-order valence-electron chi connectivity index (χ0n) is 10.0. The number of benzene rings is 1. The third kappa shape index (κ3) is 3.78. The molecule has 1 aromatic rings. The molecule has 1 unspecified atom stereocenters. The molecule has 1 aliphatic rings. The Morgan fingerprint density at radius 3 is 2.83 bits per heavy atom. The van der Waals surface area contributed by atoms with Gasteiger partial charge in [0.15, 0.2) is 0 Å². The summed E-state index contributed by atoms with van der Waals surface area (Å²) in [7, 11) is -3.35. The molecule has 1 aromatic carbocycles. The van der Waals surface area contributed by atoms with E-state index in [0.29, 0.717) is 24.3 Å². The zero-order valence-corrected chi connectivity index (χ0v) is 10.8. The molecule has 0 spiro atoms. The Balaban J connectivity index is 2.02. The first-order valence-corrected chi connectivity index (χ1v) is 7.51. The van der Waals surface area contributed by atoms with Gasteiger partial charge in [0.2, 0.25) is 10.0 Å². The highest BCUT2D eigenvalue weighted by Crippen LogP contribution is 2.11. The number of rotatable bonds is 5. The topological polar surface area (TPSA) is 75.6 Å². The van der Waals surface area contributed by atoms with Crippen molar-refractivity contribution in [2.75, 3.05) is 13.2 Å². The van der Waals surface area contributed by atoms with Gasteiger partial charge in [-0.15, -0.1) is 0 Å². The molecule has 0 aliphatic carbocycles. The van der Waals surface area contributed by atoms with Gasteiger partial charge in [0, 0.05) is 12.6 Å². The van der Waals surface area contributed by atoms with E-state index in [-0.39, 0.29) is 18.4 Å². The number of hydrogen-bond acceptors (Lipinski definition) is 4. The van der Waals surface area contributed by atoms with Gasteiger partial charge in [-0.2, -0.15) is 0 Å². The van der Waals surface area contributed by atoms with Crippen LogP contribution in [0, 0.1) is 0 Å². The van der Waals surface area contributed by atoms with Crippen LogP contribution in [0.4, 0.5) is 0 Å². The lowest BCUT2D eigenvalue weighted by molar-refractivity contribution is 0.192. The van der Waals surface area contributed by atoms with Crippen molar-refractivity contribution in [2.24, 2.45) is 0 Å². The van der Waals surface area contributed by atoms with Crippen LogP contribution in [0.5, 0.6) is 0 Å². The van der Waals surface area contributed by atoms with Crippen molar-refractivity contribution in [3.63, 3.8) is 0 Å². The average molecular weight is 271 g/mol. The van der Waals surface area contributed by atoms with Crippen molar-refractivity contribution in [3.8, 4) is 0 Å². The van der Waals surface area contributed by atoms with Gasteiger partial charge in [0.05, 0.1) is 19.0 Å². The summed E-state index contributed by atoms with van der Waals surface area (Å²) < 4.78 is 31.6. The molecule has 1 fully saturated rings. The first kappa shape index (κ1) is 13.5. The van der Waals surface area contributed by atoms with Crippen molar-refractivity contribution in [3.05, 3.63) is 35.4 Å². The Hall–Kier alpha value is -0.950. The van der Waals surface area contributed by atoms with Crippen LogP contribution in [-0.2, 0) is 27.1 Å². The molecular formula is C12H17NO4S. The Morgan fingerprint density at radius 1 is 1.39 bits per heavy atom. The second-order valence-electron chi connectivity index (χ2n) is 4.42. The Morgan fingerprint density at radius 2 is 2.17 bits per heavy atom. The fraction of sp³-hybridized carbons (Fsp3) is 0.500. The fourth-order valence-corrected chi connectivity index (χ4v) is 3.36. The molecule has 18 heavy (non-hydrogen) atoms. The first-order chi connectivity index (χ1) is 8.59. The van der Waals surface area contributed by atoms with Gasteiger partial charge in [0.1, 0.15) is 0 Å². The highest BCUT2D eigenvalue weighted by atomic mass is 32.2. The largest absolute Gasteiger partial charge is 0.392 e. The lowest BCUT2D eigenvalue weighted by Gasteiger charge is -2.11. The molecule has 0 amide bonds. The smallest absolute Gasteiger partial charge is 0.216 e. The number of ether oxygens (including phenoxy) is 1. The molecule has 5 nitrogen and oxygen atoms in total. The van der Waals surface area contributed by atoms with Crippen LogP contribution in [0.1, 0.15) is 17.5 Å². The van der Waals surface area contributed by atoms with E-state index in [1.807, 2.05) is 0 Å². The van der Waals surface area contributed by atoms with Crippen LogP contribution in [-0.4, -0.2) is 32.8 Å². The van der Waals surface area contributed by atoms with E-state index in [1.54, 1.807) is 24.3 Å². The lowest BCUT2D eigenvalue weighted by atomic mass is 10.1. The number of aliphatic hydroxyl groups excluding tert-OH is 1. The molecule has 0 bridgehead atoms. The minimum Gasteiger partial charge on any atom is -0.392 e. The Kier molecular flexibility index (Phi) is 4.34. The number of nitrogens with one attached hydrogen (secondary N) is 1. The third-order valence-corrected chi connectivity index (χ3v) is 4.21.